The summed E-state index contributed by atoms with van der Waals surface area (Å²) in [7, 11) is 0. The quantitative estimate of drug-likeness (QED) is 0.814. The van der Waals surface area contributed by atoms with Crippen LogP contribution in [0.3, 0.4) is 0 Å². The van der Waals surface area contributed by atoms with E-state index in [4.69, 9.17) is 4.42 Å². The monoisotopic (exact) mass is 368 g/mol. The first-order valence-corrected chi connectivity index (χ1v) is 10.3. The first-order chi connectivity index (χ1) is 13.2. The van der Waals surface area contributed by atoms with Gasteiger partial charge in [0.25, 0.3) is 5.91 Å². The van der Waals surface area contributed by atoms with Gasteiger partial charge in [-0.25, -0.2) is 4.98 Å². The molecule has 6 rings (SSSR count). The molecule has 6 nitrogen and oxygen atoms in total. The molecule has 1 amide bonds. The molecule has 27 heavy (non-hydrogen) atoms. The number of rotatable bonds is 5. The van der Waals surface area contributed by atoms with Crippen LogP contribution in [0.2, 0.25) is 0 Å². The fourth-order valence-electron chi connectivity index (χ4n) is 4.87. The van der Waals surface area contributed by atoms with Crippen LogP contribution in [0.5, 0.6) is 0 Å². The summed E-state index contributed by atoms with van der Waals surface area (Å²) < 4.78 is 7.81. The maximum atomic E-state index is 13.1. The van der Waals surface area contributed by atoms with Crippen LogP contribution in [0.4, 0.5) is 0 Å². The van der Waals surface area contributed by atoms with Gasteiger partial charge in [0.15, 0.2) is 5.76 Å². The van der Waals surface area contributed by atoms with Crippen LogP contribution in [0.25, 0.3) is 0 Å². The number of amides is 1. The molecule has 0 radical (unpaired) electrons. The van der Waals surface area contributed by atoms with Gasteiger partial charge in [-0.05, 0) is 49.7 Å². The van der Waals surface area contributed by atoms with Gasteiger partial charge in [0.05, 0.1) is 12.9 Å². The average Bonchev–Trinajstić information content (AvgIpc) is 3.23. The summed E-state index contributed by atoms with van der Waals surface area (Å²) in [5, 5.41) is 0. The number of imidazole rings is 1. The molecule has 3 aliphatic heterocycles. The molecule has 1 saturated carbocycles. The zero-order chi connectivity index (χ0) is 18.2. The molecule has 144 valence electrons. The Bertz CT molecular complexity index is 780. The van der Waals surface area contributed by atoms with Crippen LogP contribution >= 0.6 is 0 Å². The van der Waals surface area contributed by atoms with E-state index in [1.165, 1.54) is 38.6 Å². The molecule has 4 aliphatic rings. The predicted molar refractivity (Wildman–Crippen MR) is 101 cm³/mol. The van der Waals surface area contributed by atoms with Gasteiger partial charge in [-0.1, -0.05) is 6.42 Å². The van der Waals surface area contributed by atoms with Crippen LogP contribution in [0.1, 0.15) is 48.4 Å². The molecule has 0 aromatic carbocycles. The number of nitrogens with zero attached hydrogens (tertiary/aromatic N) is 4. The zero-order valence-electron chi connectivity index (χ0n) is 15.8. The van der Waals surface area contributed by atoms with Crippen molar-refractivity contribution in [2.75, 3.05) is 26.2 Å². The lowest BCUT2D eigenvalue weighted by Gasteiger charge is -2.40. The Morgan fingerprint density at radius 1 is 1.15 bits per heavy atom. The van der Waals surface area contributed by atoms with E-state index in [1.54, 1.807) is 12.5 Å². The van der Waals surface area contributed by atoms with Gasteiger partial charge in [-0.15, -0.1) is 0 Å². The number of fused-ring (bicyclic) bond motifs is 4. The van der Waals surface area contributed by atoms with Crippen molar-refractivity contribution in [3.63, 3.8) is 0 Å². The molecule has 0 N–H and O–H groups in total. The van der Waals surface area contributed by atoms with E-state index >= 15 is 0 Å². The van der Waals surface area contributed by atoms with Crippen molar-refractivity contribution >= 4 is 5.91 Å². The van der Waals surface area contributed by atoms with E-state index in [9.17, 15) is 4.79 Å². The molecule has 2 bridgehead atoms. The van der Waals surface area contributed by atoms with Crippen molar-refractivity contribution in [2.24, 2.45) is 11.8 Å². The van der Waals surface area contributed by atoms with Gasteiger partial charge in [0, 0.05) is 44.6 Å². The predicted octanol–water partition coefficient (Wildman–Crippen LogP) is 2.86. The normalized spacial score (nSPS) is 26.1. The van der Waals surface area contributed by atoms with Crippen molar-refractivity contribution in [2.45, 2.75) is 44.7 Å². The molecule has 0 spiro atoms. The van der Waals surface area contributed by atoms with Crippen molar-refractivity contribution in [3.05, 3.63) is 42.4 Å². The van der Waals surface area contributed by atoms with Crippen molar-refractivity contribution in [1.29, 1.82) is 0 Å². The topological polar surface area (TPSA) is 54.5 Å². The Hall–Kier alpha value is -2.08. The minimum absolute atomic E-state index is 0.0503. The van der Waals surface area contributed by atoms with Crippen LogP contribution in [-0.2, 0) is 6.54 Å². The summed E-state index contributed by atoms with van der Waals surface area (Å²) >= 11 is 0. The van der Waals surface area contributed by atoms with Gasteiger partial charge < -0.3 is 13.9 Å². The highest BCUT2D eigenvalue weighted by molar-refractivity contribution is 5.91. The maximum absolute atomic E-state index is 13.1. The van der Waals surface area contributed by atoms with Crippen LogP contribution < -0.4 is 0 Å². The summed E-state index contributed by atoms with van der Waals surface area (Å²) in [4.78, 5) is 21.8. The third-order valence-corrected chi connectivity index (χ3v) is 6.60. The van der Waals surface area contributed by atoms with E-state index in [0.29, 0.717) is 24.3 Å². The first kappa shape index (κ1) is 17.0. The highest BCUT2D eigenvalue weighted by Gasteiger charge is 2.38. The molecule has 2 atom stereocenters. The van der Waals surface area contributed by atoms with Crippen LogP contribution in [0.15, 0.2) is 35.3 Å². The molecule has 4 fully saturated rings. The summed E-state index contributed by atoms with van der Waals surface area (Å²) in [6.45, 7) is 4.72. The Morgan fingerprint density at radius 2 is 2.07 bits per heavy atom. The van der Waals surface area contributed by atoms with Crippen molar-refractivity contribution in [1.82, 2.24) is 19.4 Å². The number of hydrogen-bond donors (Lipinski definition) is 0. The molecular formula is C21H28N4O2. The van der Waals surface area contributed by atoms with E-state index in [-0.39, 0.29) is 5.91 Å². The zero-order valence-corrected chi connectivity index (χ0v) is 15.8. The highest BCUT2D eigenvalue weighted by Crippen LogP contribution is 2.33. The number of carbonyl (C=O) groups is 1. The Kier molecular flexibility index (Phi) is 4.52. The maximum Gasteiger partial charge on any atom is 0.289 e. The highest BCUT2D eigenvalue weighted by atomic mass is 16.4. The van der Waals surface area contributed by atoms with Crippen LogP contribution in [0, 0.1) is 11.8 Å². The largest absolute Gasteiger partial charge is 0.454 e. The third kappa shape index (κ3) is 3.55. The molecule has 6 heteroatoms. The minimum Gasteiger partial charge on any atom is -0.454 e. The molecule has 5 heterocycles. The summed E-state index contributed by atoms with van der Waals surface area (Å²) in [6, 6.07) is 4.25. The van der Waals surface area contributed by atoms with Gasteiger partial charge in [-0.2, -0.15) is 0 Å². The second-order valence-corrected chi connectivity index (χ2v) is 8.56. The van der Waals surface area contributed by atoms with Crippen molar-refractivity contribution < 1.29 is 9.21 Å². The lowest BCUT2D eigenvalue weighted by molar-refractivity contribution is 0.0686. The van der Waals surface area contributed by atoms with E-state index in [0.717, 1.165) is 31.3 Å². The number of furan rings is 1. The Morgan fingerprint density at radius 3 is 2.85 bits per heavy atom. The standard InChI is InChI=1S/C21H28N4O2/c26-21(20-7-6-19(27-20)14-23-9-8-22-15-23)25-12-17-4-5-18(13-25)24(11-17)10-16-2-1-3-16/h6-9,15-18H,1-5,10-14H2/t17-,18-/m1/s1. The second kappa shape index (κ2) is 7.15. The molecule has 0 unspecified atom stereocenters. The first-order valence-electron chi connectivity index (χ1n) is 10.3. The average molecular weight is 368 g/mol. The van der Waals surface area contributed by atoms with Gasteiger partial charge >= 0.3 is 0 Å². The Labute approximate surface area is 160 Å². The molecule has 2 aromatic heterocycles. The lowest BCUT2D eigenvalue weighted by Crippen LogP contribution is -2.47. The molecule has 2 aromatic rings. The summed E-state index contributed by atoms with van der Waals surface area (Å²) in [5.74, 6) is 2.81. The fourth-order valence-corrected chi connectivity index (χ4v) is 4.87. The fraction of sp³-hybridized carbons (Fsp3) is 0.619. The van der Waals surface area contributed by atoms with Gasteiger partial charge in [0.1, 0.15) is 5.76 Å². The summed E-state index contributed by atoms with van der Waals surface area (Å²) in [5.41, 5.74) is 0. The number of hydrogen-bond acceptors (Lipinski definition) is 4. The van der Waals surface area contributed by atoms with Crippen LogP contribution in [-0.4, -0.2) is 57.5 Å². The smallest absolute Gasteiger partial charge is 0.289 e. The van der Waals surface area contributed by atoms with E-state index < -0.39 is 0 Å². The Balaban J connectivity index is 1.26. The molecule has 1 aliphatic carbocycles. The minimum atomic E-state index is 0.0503. The second-order valence-electron chi connectivity index (χ2n) is 8.56. The number of carbonyl (C=O) groups excluding carboxylic acids is 1. The molecular weight excluding hydrogens is 340 g/mol. The van der Waals surface area contributed by atoms with E-state index in [1.807, 2.05) is 27.8 Å². The van der Waals surface area contributed by atoms with Crippen molar-refractivity contribution in [3.8, 4) is 0 Å². The number of aromatic nitrogens is 2. The third-order valence-electron chi connectivity index (χ3n) is 6.60. The van der Waals surface area contributed by atoms with E-state index in [2.05, 4.69) is 9.88 Å². The van der Waals surface area contributed by atoms with Gasteiger partial charge in [0.2, 0.25) is 0 Å². The molecule has 3 saturated heterocycles. The van der Waals surface area contributed by atoms with Gasteiger partial charge in [-0.3, -0.25) is 9.69 Å². The summed E-state index contributed by atoms with van der Waals surface area (Å²) in [6.07, 6.45) is 12.1. The lowest BCUT2D eigenvalue weighted by atomic mass is 9.83. The number of piperidine rings is 1. The SMILES string of the molecule is O=C(c1ccc(Cn2ccnc2)o1)N1C[C@@H]2CC[C@H](C1)N(CC1CCC1)C2.